The van der Waals surface area contributed by atoms with Crippen LogP contribution in [0.4, 0.5) is 5.69 Å². The highest BCUT2D eigenvalue weighted by Crippen LogP contribution is 2.28. The summed E-state index contributed by atoms with van der Waals surface area (Å²) in [5.74, 6) is -1.24. The van der Waals surface area contributed by atoms with Gasteiger partial charge in [-0.25, -0.2) is 4.79 Å². The number of rotatable bonds is 4. The largest absolute Gasteiger partial charge is 0.469 e. The molecular formula is C16H17NO6. The van der Waals surface area contributed by atoms with Gasteiger partial charge in [0.25, 0.3) is 5.69 Å². The van der Waals surface area contributed by atoms with Crippen LogP contribution in [0.2, 0.25) is 0 Å². The van der Waals surface area contributed by atoms with Crippen LogP contribution >= 0.6 is 0 Å². The van der Waals surface area contributed by atoms with Gasteiger partial charge in [-0.2, -0.15) is 0 Å². The van der Waals surface area contributed by atoms with Crippen LogP contribution in [0.5, 0.6) is 0 Å². The lowest BCUT2D eigenvalue weighted by atomic mass is 9.88. The number of methoxy groups -OCH3 is 1. The summed E-state index contributed by atoms with van der Waals surface area (Å²) in [6, 6.07) is 5.19. The van der Waals surface area contributed by atoms with E-state index in [0.29, 0.717) is 12.8 Å². The van der Waals surface area contributed by atoms with E-state index in [0.717, 1.165) is 5.57 Å². The number of esters is 2. The zero-order chi connectivity index (χ0) is 17.0. The van der Waals surface area contributed by atoms with Crippen LogP contribution in [0.1, 0.15) is 30.1 Å². The number of benzene rings is 1. The first kappa shape index (κ1) is 16.7. The summed E-state index contributed by atoms with van der Waals surface area (Å²) in [4.78, 5) is 33.8. The second-order valence-electron chi connectivity index (χ2n) is 5.34. The Morgan fingerprint density at radius 2 is 1.91 bits per heavy atom. The number of non-ortho nitro benzene ring substituents is 1. The second kappa shape index (κ2) is 7.04. The first-order valence-corrected chi connectivity index (χ1v) is 7.12. The lowest BCUT2D eigenvalue weighted by Gasteiger charge is -2.26. The van der Waals surface area contributed by atoms with Gasteiger partial charge in [0.2, 0.25) is 0 Å². The number of nitro benzene ring substituents is 1. The molecule has 0 heterocycles. The number of allylic oxidation sites excluding steroid dienone is 1. The van der Waals surface area contributed by atoms with Gasteiger partial charge < -0.3 is 9.47 Å². The predicted molar refractivity (Wildman–Crippen MR) is 80.8 cm³/mol. The van der Waals surface area contributed by atoms with Crippen molar-refractivity contribution < 1.29 is 24.0 Å². The summed E-state index contributed by atoms with van der Waals surface area (Å²) in [5, 5.41) is 10.6. The Morgan fingerprint density at radius 1 is 1.26 bits per heavy atom. The molecule has 0 N–H and O–H groups in total. The molecule has 7 nitrogen and oxygen atoms in total. The zero-order valence-corrected chi connectivity index (χ0v) is 12.9. The molecule has 1 aromatic carbocycles. The number of nitrogens with zero attached hydrogens (tertiary/aromatic N) is 1. The number of carbonyl (C=O) groups is 2. The molecule has 23 heavy (non-hydrogen) atoms. The van der Waals surface area contributed by atoms with Gasteiger partial charge in [-0.1, -0.05) is 6.08 Å². The van der Waals surface area contributed by atoms with E-state index in [9.17, 15) is 19.7 Å². The third-order valence-corrected chi connectivity index (χ3v) is 3.83. The standard InChI is InChI=1S/C16H17NO6/c1-10-3-4-12(15(18)22-2)9-14(10)23-16(19)11-5-7-13(8-6-11)17(20)21/h3,5-8,12,14H,4,9H2,1-2H3/t12-,14+/m0/s1. The van der Waals surface area contributed by atoms with Crippen LogP contribution in [-0.4, -0.2) is 30.1 Å². The summed E-state index contributed by atoms with van der Waals surface area (Å²) >= 11 is 0. The maximum absolute atomic E-state index is 12.2. The molecule has 0 fully saturated rings. The molecule has 2 rings (SSSR count). The number of carbonyl (C=O) groups excluding carboxylic acids is 2. The average molecular weight is 319 g/mol. The minimum absolute atomic E-state index is 0.0963. The van der Waals surface area contributed by atoms with Gasteiger partial charge >= 0.3 is 11.9 Å². The Balaban J connectivity index is 2.06. The Kier molecular flexibility index (Phi) is 5.10. The maximum Gasteiger partial charge on any atom is 0.338 e. The summed E-state index contributed by atoms with van der Waals surface area (Å²) < 4.78 is 10.2. The Morgan fingerprint density at radius 3 is 2.48 bits per heavy atom. The van der Waals surface area contributed by atoms with E-state index in [2.05, 4.69) is 0 Å². The van der Waals surface area contributed by atoms with Gasteiger partial charge in [-0.3, -0.25) is 14.9 Å². The molecule has 1 aliphatic rings. The maximum atomic E-state index is 12.2. The minimum Gasteiger partial charge on any atom is -0.469 e. The Hall–Kier alpha value is -2.70. The van der Waals surface area contributed by atoms with E-state index in [1.54, 1.807) is 0 Å². The molecule has 0 bridgehead atoms. The summed E-state index contributed by atoms with van der Waals surface area (Å²) in [6.07, 6.45) is 2.28. The van der Waals surface area contributed by atoms with Crippen LogP contribution in [0.3, 0.4) is 0 Å². The highest BCUT2D eigenvalue weighted by Gasteiger charge is 2.30. The van der Waals surface area contributed by atoms with Crippen molar-refractivity contribution in [3.63, 3.8) is 0 Å². The molecule has 2 atom stereocenters. The first-order chi connectivity index (χ1) is 10.9. The fraction of sp³-hybridized carbons (Fsp3) is 0.375. The lowest BCUT2D eigenvalue weighted by Crippen LogP contribution is -2.30. The van der Waals surface area contributed by atoms with Gasteiger partial charge in [-0.05, 0) is 31.1 Å². The molecule has 0 amide bonds. The lowest BCUT2D eigenvalue weighted by molar-refractivity contribution is -0.384. The molecule has 0 aliphatic heterocycles. The smallest absolute Gasteiger partial charge is 0.338 e. The molecule has 1 aliphatic carbocycles. The summed E-state index contributed by atoms with van der Waals surface area (Å²) in [7, 11) is 1.32. The highest BCUT2D eigenvalue weighted by molar-refractivity contribution is 5.90. The molecular weight excluding hydrogens is 302 g/mol. The van der Waals surface area contributed by atoms with Crippen molar-refractivity contribution in [3.05, 3.63) is 51.6 Å². The number of hydrogen-bond acceptors (Lipinski definition) is 6. The molecule has 122 valence electrons. The molecule has 0 saturated heterocycles. The number of ether oxygens (including phenoxy) is 2. The molecule has 0 aromatic heterocycles. The minimum atomic E-state index is -0.580. The van der Waals surface area contributed by atoms with Crippen molar-refractivity contribution >= 4 is 17.6 Å². The van der Waals surface area contributed by atoms with E-state index < -0.39 is 17.0 Å². The average Bonchev–Trinajstić information content (AvgIpc) is 2.56. The van der Waals surface area contributed by atoms with E-state index in [4.69, 9.17) is 9.47 Å². The normalized spacial score (nSPS) is 20.3. The molecule has 0 unspecified atom stereocenters. The van der Waals surface area contributed by atoms with Gasteiger partial charge in [-0.15, -0.1) is 0 Å². The van der Waals surface area contributed by atoms with Crippen molar-refractivity contribution in [2.45, 2.75) is 25.9 Å². The predicted octanol–water partition coefficient (Wildman–Crippen LogP) is 2.65. The topological polar surface area (TPSA) is 95.7 Å². The van der Waals surface area contributed by atoms with Crippen molar-refractivity contribution in [1.29, 1.82) is 0 Å². The monoisotopic (exact) mass is 319 g/mol. The van der Waals surface area contributed by atoms with E-state index >= 15 is 0 Å². The van der Waals surface area contributed by atoms with Crippen molar-refractivity contribution in [1.82, 2.24) is 0 Å². The summed E-state index contributed by atoms with van der Waals surface area (Å²) in [6.45, 7) is 1.83. The third kappa shape index (κ3) is 3.94. The molecule has 0 saturated carbocycles. The zero-order valence-electron chi connectivity index (χ0n) is 12.9. The van der Waals surface area contributed by atoms with Crippen LogP contribution in [-0.2, 0) is 14.3 Å². The van der Waals surface area contributed by atoms with Gasteiger partial charge in [0.05, 0.1) is 23.5 Å². The Labute approximate surface area is 133 Å². The van der Waals surface area contributed by atoms with Crippen molar-refractivity contribution in [2.24, 2.45) is 5.92 Å². The van der Waals surface area contributed by atoms with Crippen molar-refractivity contribution in [3.8, 4) is 0 Å². The van der Waals surface area contributed by atoms with E-state index in [1.165, 1.54) is 31.4 Å². The summed E-state index contributed by atoms with van der Waals surface area (Å²) in [5.41, 5.74) is 1.00. The van der Waals surface area contributed by atoms with E-state index in [-0.39, 0.29) is 23.1 Å². The molecule has 0 spiro atoms. The molecule has 0 radical (unpaired) electrons. The van der Waals surface area contributed by atoms with Crippen molar-refractivity contribution in [2.75, 3.05) is 7.11 Å². The highest BCUT2D eigenvalue weighted by atomic mass is 16.6. The SMILES string of the molecule is COC(=O)[C@H]1CC=C(C)[C@H](OC(=O)c2ccc([N+](=O)[O-])cc2)C1. The second-order valence-corrected chi connectivity index (χ2v) is 5.34. The fourth-order valence-electron chi connectivity index (χ4n) is 2.42. The number of nitro groups is 1. The first-order valence-electron chi connectivity index (χ1n) is 7.12. The van der Waals surface area contributed by atoms with Gasteiger partial charge in [0, 0.05) is 18.6 Å². The Bertz CT molecular complexity index is 649. The quantitative estimate of drug-likeness (QED) is 0.366. The number of hydrogen-bond donors (Lipinski definition) is 0. The molecule has 1 aromatic rings. The van der Waals surface area contributed by atoms with Crippen LogP contribution < -0.4 is 0 Å². The third-order valence-electron chi connectivity index (χ3n) is 3.83. The van der Waals surface area contributed by atoms with Crippen LogP contribution in [0, 0.1) is 16.0 Å². The van der Waals surface area contributed by atoms with Crippen LogP contribution in [0.15, 0.2) is 35.9 Å². The fourth-order valence-corrected chi connectivity index (χ4v) is 2.42. The van der Waals surface area contributed by atoms with Gasteiger partial charge in [0.1, 0.15) is 6.10 Å². The van der Waals surface area contributed by atoms with Crippen LogP contribution in [0.25, 0.3) is 0 Å². The van der Waals surface area contributed by atoms with Gasteiger partial charge in [0.15, 0.2) is 0 Å². The molecule has 7 heteroatoms. The van der Waals surface area contributed by atoms with E-state index in [1.807, 2.05) is 13.0 Å².